The van der Waals surface area contributed by atoms with E-state index in [4.69, 9.17) is 0 Å². The lowest BCUT2D eigenvalue weighted by molar-refractivity contribution is 0.101. The number of nitrogens with one attached hydrogen (secondary N) is 2. The van der Waals surface area contributed by atoms with Gasteiger partial charge in [0.2, 0.25) is 0 Å². The van der Waals surface area contributed by atoms with Gasteiger partial charge >= 0.3 is 0 Å². The van der Waals surface area contributed by atoms with Gasteiger partial charge in [-0.1, -0.05) is 30.3 Å². The van der Waals surface area contributed by atoms with Gasteiger partial charge < -0.3 is 10.3 Å². The summed E-state index contributed by atoms with van der Waals surface area (Å²) in [4.78, 5) is 18.9. The molecular weight excluding hydrogens is 346 g/mol. The zero-order valence-electron chi connectivity index (χ0n) is 15.9. The van der Waals surface area contributed by atoms with Gasteiger partial charge in [-0.3, -0.25) is 9.78 Å². The van der Waals surface area contributed by atoms with E-state index < -0.39 is 0 Å². The highest BCUT2D eigenvalue weighted by Gasteiger charge is 2.04. The number of fused-ring (bicyclic) bond motifs is 1. The summed E-state index contributed by atoms with van der Waals surface area (Å²) in [5.41, 5.74) is 6.25. The number of para-hydroxylation sites is 1. The Kier molecular flexibility index (Phi) is 5.20. The van der Waals surface area contributed by atoms with Crippen LogP contribution in [0.15, 0.2) is 73.1 Å². The zero-order chi connectivity index (χ0) is 19.3. The van der Waals surface area contributed by atoms with Crippen LogP contribution >= 0.6 is 0 Å². The second kappa shape index (κ2) is 8.09. The van der Waals surface area contributed by atoms with Crippen molar-refractivity contribution in [3.63, 3.8) is 0 Å². The highest BCUT2D eigenvalue weighted by atomic mass is 16.1. The average Bonchev–Trinajstić information content (AvgIpc) is 3.13. The molecule has 2 aromatic heterocycles. The topological polar surface area (TPSA) is 57.8 Å². The van der Waals surface area contributed by atoms with Crippen molar-refractivity contribution in [2.45, 2.75) is 26.2 Å². The second-order valence-corrected chi connectivity index (χ2v) is 7.02. The molecule has 0 bridgehead atoms. The predicted molar refractivity (Wildman–Crippen MR) is 114 cm³/mol. The number of pyridine rings is 1. The van der Waals surface area contributed by atoms with Crippen molar-refractivity contribution < 1.29 is 4.79 Å². The molecule has 4 heteroatoms. The average molecular weight is 369 g/mol. The molecule has 0 radical (unpaired) electrons. The normalized spacial score (nSPS) is 10.9. The number of nitrogens with zero attached hydrogens (tertiary/aromatic N) is 1. The fourth-order valence-electron chi connectivity index (χ4n) is 3.44. The number of aryl methyl sites for hydroxylation is 2. The first-order valence-electron chi connectivity index (χ1n) is 9.57. The lowest BCUT2D eigenvalue weighted by Crippen LogP contribution is -1.98. The van der Waals surface area contributed by atoms with Crippen LogP contribution in [0, 0.1) is 0 Å². The second-order valence-electron chi connectivity index (χ2n) is 7.02. The smallest absolute Gasteiger partial charge is 0.178 e. The molecule has 0 atom stereocenters. The lowest BCUT2D eigenvalue weighted by atomic mass is 10.0. The summed E-state index contributed by atoms with van der Waals surface area (Å²) < 4.78 is 0. The van der Waals surface area contributed by atoms with Gasteiger partial charge in [0, 0.05) is 41.6 Å². The number of carbonyl (C=O) groups excluding carboxylic acids is 1. The number of aromatic amines is 1. The number of benzene rings is 2. The van der Waals surface area contributed by atoms with Crippen LogP contribution in [0.2, 0.25) is 0 Å². The van der Waals surface area contributed by atoms with Crippen LogP contribution in [-0.2, 0) is 12.8 Å². The van der Waals surface area contributed by atoms with E-state index >= 15 is 0 Å². The van der Waals surface area contributed by atoms with E-state index in [0.717, 1.165) is 30.6 Å². The summed E-state index contributed by atoms with van der Waals surface area (Å²) >= 11 is 0. The van der Waals surface area contributed by atoms with E-state index in [0.29, 0.717) is 5.69 Å². The predicted octanol–water partition coefficient (Wildman–Crippen LogP) is 5.68. The van der Waals surface area contributed by atoms with Crippen molar-refractivity contribution in [1.29, 1.82) is 0 Å². The largest absolute Gasteiger partial charge is 0.361 e. The van der Waals surface area contributed by atoms with E-state index in [9.17, 15) is 4.79 Å². The molecule has 0 aliphatic rings. The molecule has 2 aromatic carbocycles. The monoisotopic (exact) mass is 369 g/mol. The summed E-state index contributed by atoms with van der Waals surface area (Å²) in [5, 5.41) is 4.65. The third-order valence-electron chi connectivity index (χ3n) is 4.95. The molecule has 2 N–H and O–H groups in total. The van der Waals surface area contributed by atoms with Gasteiger partial charge in [0.1, 0.15) is 5.69 Å². The van der Waals surface area contributed by atoms with Crippen molar-refractivity contribution in [2.24, 2.45) is 0 Å². The molecule has 0 unspecified atom stereocenters. The van der Waals surface area contributed by atoms with Gasteiger partial charge in [-0.25, -0.2) is 0 Å². The lowest BCUT2D eigenvalue weighted by Gasteiger charge is -2.08. The molecule has 2 heterocycles. The Labute approximate surface area is 164 Å². The van der Waals surface area contributed by atoms with Crippen LogP contribution in [-0.4, -0.2) is 15.8 Å². The van der Waals surface area contributed by atoms with Crippen LogP contribution in [0.1, 0.15) is 35.0 Å². The molecule has 28 heavy (non-hydrogen) atoms. The number of carbonyl (C=O) groups is 1. The minimum absolute atomic E-state index is 0.0331. The van der Waals surface area contributed by atoms with Crippen LogP contribution in [0.4, 0.5) is 11.4 Å². The summed E-state index contributed by atoms with van der Waals surface area (Å²) in [6.45, 7) is 1.52. The SMILES string of the molecule is CC(=O)c1cc(Nc2ccc(CCCc3c[nH]c4ccccc34)cc2)ccn1. The van der Waals surface area contributed by atoms with E-state index in [1.807, 2.05) is 6.07 Å². The van der Waals surface area contributed by atoms with Crippen molar-refractivity contribution in [3.8, 4) is 0 Å². The van der Waals surface area contributed by atoms with Crippen LogP contribution in [0.3, 0.4) is 0 Å². The molecule has 0 saturated carbocycles. The first-order chi connectivity index (χ1) is 13.7. The van der Waals surface area contributed by atoms with Crippen molar-refractivity contribution in [2.75, 3.05) is 5.32 Å². The molecule has 0 fully saturated rings. The quantitative estimate of drug-likeness (QED) is 0.412. The third-order valence-corrected chi connectivity index (χ3v) is 4.95. The molecule has 4 aromatic rings. The zero-order valence-corrected chi connectivity index (χ0v) is 15.9. The minimum atomic E-state index is -0.0331. The molecule has 0 saturated heterocycles. The van der Waals surface area contributed by atoms with Gasteiger partial charge in [0.05, 0.1) is 0 Å². The molecule has 0 amide bonds. The molecule has 140 valence electrons. The number of hydrogen-bond donors (Lipinski definition) is 2. The van der Waals surface area contributed by atoms with Crippen molar-refractivity contribution in [1.82, 2.24) is 9.97 Å². The van der Waals surface area contributed by atoms with Gasteiger partial charge in [-0.15, -0.1) is 0 Å². The number of rotatable bonds is 7. The Morgan fingerprint density at radius 2 is 1.82 bits per heavy atom. The number of aromatic nitrogens is 2. The molecule has 0 aliphatic carbocycles. The fourth-order valence-corrected chi connectivity index (χ4v) is 3.44. The Morgan fingerprint density at radius 1 is 1.00 bits per heavy atom. The Hall–Kier alpha value is -3.40. The highest BCUT2D eigenvalue weighted by Crippen LogP contribution is 2.21. The Morgan fingerprint density at radius 3 is 2.64 bits per heavy atom. The number of Topliss-reactive ketones (excluding diaryl/α,β-unsaturated/α-hetero) is 1. The first-order valence-corrected chi connectivity index (χ1v) is 9.57. The van der Waals surface area contributed by atoms with Gasteiger partial charge in [-0.2, -0.15) is 0 Å². The number of anilines is 2. The molecule has 4 rings (SSSR count). The summed E-state index contributed by atoms with van der Waals surface area (Å²) in [5.74, 6) is -0.0331. The van der Waals surface area contributed by atoms with Gasteiger partial charge in [-0.05, 0) is 60.7 Å². The van der Waals surface area contributed by atoms with Crippen molar-refractivity contribution >= 4 is 28.1 Å². The minimum Gasteiger partial charge on any atom is -0.361 e. The van der Waals surface area contributed by atoms with E-state index in [1.54, 1.807) is 12.3 Å². The Balaban J connectivity index is 1.34. The Bertz CT molecular complexity index is 1100. The molecule has 0 aliphatic heterocycles. The molecule has 4 nitrogen and oxygen atoms in total. The molecular formula is C24H23N3O. The number of H-pyrrole nitrogens is 1. The van der Waals surface area contributed by atoms with Gasteiger partial charge in [0.25, 0.3) is 0 Å². The van der Waals surface area contributed by atoms with Crippen LogP contribution < -0.4 is 5.32 Å². The first kappa shape index (κ1) is 18.0. The highest BCUT2D eigenvalue weighted by molar-refractivity contribution is 5.93. The van der Waals surface area contributed by atoms with Crippen LogP contribution in [0.5, 0.6) is 0 Å². The summed E-state index contributed by atoms with van der Waals surface area (Å²) in [6.07, 6.45) is 7.00. The number of ketones is 1. The van der Waals surface area contributed by atoms with E-state index in [2.05, 4.69) is 70.0 Å². The summed E-state index contributed by atoms with van der Waals surface area (Å²) in [7, 11) is 0. The maximum atomic E-state index is 11.5. The van der Waals surface area contributed by atoms with E-state index in [-0.39, 0.29) is 5.78 Å². The van der Waals surface area contributed by atoms with Crippen molar-refractivity contribution in [3.05, 3.63) is 89.9 Å². The summed E-state index contributed by atoms with van der Waals surface area (Å²) in [6, 6.07) is 20.6. The maximum absolute atomic E-state index is 11.5. The fraction of sp³-hybridized carbons (Fsp3) is 0.167. The molecule has 0 spiro atoms. The standard InChI is InChI=1S/C24H23N3O/c1-17(28)24-15-21(13-14-25-24)27-20-11-9-18(10-12-20)5-4-6-19-16-26-23-8-3-2-7-22(19)23/h2-3,7-16,26H,4-6H2,1H3,(H,25,27). The maximum Gasteiger partial charge on any atom is 0.178 e. The third kappa shape index (κ3) is 4.12. The van der Waals surface area contributed by atoms with Crippen LogP contribution in [0.25, 0.3) is 10.9 Å². The van der Waals surface area contributed by atoms with Gasteiger partial charge in [0.15, 0.2) is 5.78 Å². The van der Waals surface area contributed by atoms with E-state index in [1.165, 1.54) is 29.0 Å². The number of hydrogen-bond acceptors (Lipinski definition) is 3.